The van der Waals surface area contributed by atoms with Gasteiger partial charge in [0.25, 0.3) is 0 Å². The number of nitrogens with zero attached hydrogens (tertiary/aromatic N) is 1. The van der Waals surface area contributed by atoms with Crippen LogP contribution in [0.2, 0.25) is 0 Å². The van der Waals surface area contributed by atoms with Gasteiger partial charge in [0, 0.05) is 26.1 Å². The maximum Gasteiger partial charge on any atom is 0.232 e. The summed E-state index contributed by atoms with van der Waals surface area (Å²) in [5.41, 5.74) is 0. The molecule has 0 fully saturated rings. The summed E-state index contributed by atoms with van der Waals surface area (Å²) in [6.45, 7) is 1.65. The Morgan fingerprint density at radius 1 is 0.870 bits per heavy atom. The second-order valence-electron chi connectivity index (χ2n) is 5.03. The summed E-state index contributed by atoms with van der Waals surface area (Å²) in [6.07, 6.45) is 7.91. The number of carbonyl (C=O) groups excluding carboxylic acids is 3. The summed E-state index contributed by atoms with van der Waals surface area (Å²) >= 11 is 4.52. The van der Waals surface area contributed by atoms with Crippen LogP contribution in [0.25, 0.3) is 0 Å². The van der Waals surface area contributed by atoms with Crippen LogP contribution in [-0.4, -0.2) is 78.2 Å². The van der Waals surface area contributed by atoms with Crippen molar-refractivity contribution >= 4 is 52.9 Å². The summed E-state index contributed by atoms with van der Waals surface area (Å²) in [5, 5.41) is 2.82. The Bertz CT molecular complexity index is 368. The lowest BCUT2D eigenvalue weighted by atomic mass is 10.2. The number of thioether (sulfide) groups is 3. The van der Waals surface area contributed by atoms with Gasteiger partial charge in [0.1, 0.15) is 5.78 Å². The normalized spacial score (nSPS) is 10.4. The molecule has 0 rings (SSSR count). The van der Waals surface area contributed by atoms with E-state index in [4.69, 9.17) is 0 Å². The molecule has 0 unspecified atom stereocenters. The summed E-state index contributed by atoms with van der Waals surface area (Å²) in [7, 11) is 0. The lowest BCUT2D eigenvalue weighted by molar-refractivity contribution is -0.129. The van der Waals surface area contributed by atoms with Gasteiger partial charge in [-0.25, -0.2) is 0 Å². The average molecular weight is 381 g/mol. The van der Waals surface area contributed by atoms with Crippen LogP contribution in [0.4, 0.5) is 0 Å². The summed E-state index contributed by atoms with van der Waals surface area (Å²) < 4.78 is 0. The van der Waals surface area contributed by atoms with Crippen molar-refractivity contribution in [3.63, 3.8) is 0 Å². The highest BCUT2D eigenvalue weighted by atomic mass is 32.2. The lowest BCUT2D eigenvalue weighted by Gasteiger charge is -2.22. The van der Waals surface area contributed by atoms with Crippen LogP contribution in [0.3, 0.4) is 0 Å². The highest BCUT2D eigenvalue weighted by Gasteiger charge is 2.13. The van der Waals surface area contributed by atoms with Crippen molar-refractivity contribution in [2.45, 2.75) is 19.3 Å². The average Bonchev–Trinajstić information content (AvgIpc) is 2.50. The first-order valence-electron chi connectivity index (χ1n) is 7.58. The number of hydrogen-bond acceptors (Lipinski definition) is 6. The Kier molecular flexibility index (Phi) is 15.0. The van der Waals surface area contributed by atoms with Crippen molar-refractivity contribution in [1.82, 2.24) is 10.2 Å². The molecule has 0 bridgehead atoms. The van der Waals surface area contributed by atoms with Crippen molar-refractivity contribution in [3.8, 4) is 0 Å². The second-order valence-corrected chi connectivity index (χ2v) is 7.62. The number of nitrogens with one attached hydrogen (secondary N) is 1. The second kappa shape index (κ2) is 15.2. The number of unbranched alkanes of at least 4 members (excludes halogenated alkanes) is 1. The van der Waals surface area contributed by atoms with Crippen LogP contribution >= 0.6 is 35.3 Å². The third-order valence-corrected chi connectivity index (χ3v) is 4.74. The molecule has 0 aliphatic heterocycles. The molecule has 0 spiro atoms. The first-order valence-corrected chi connectivity index (χ1v) is 11.8. The molecule has 0 aromatic rings. The van der Waals surface area contributed by atoms with Crippen molar-refractivity contribution < 1.29 is 14.4 Å². The fraction of sp³-hybridized carbons (Fsp3) is 0.800. The van der Waals surface area contributed by atoms with Gasteiger partial charge < -0.3 is 10.2 Å². The van der Waals surface area contributed by atoms with E-state index in [1.807, 2.05) is 18.8 Å². The minimum absolute atomic E-state index is 0.00238. The van der Waals surface area contributed by atoms with Gasteiger partial charge in [-0.05, 0) is 31.6 Å². The van der Waals surface area contributed by atoms with Crippen LogP contribution in [-0.2, 0) is 14.4 Å². The molecule has 8 heteroatoms. The Hall–Kier alpha value is -0.340. The maximum atomic E-state index is 12.1. The van der Waals surface area contributed by atoms with Crippen molar-refractivity contribution in [2.24, 2.45) is 0 Å². The largest absolute Gasteiger partial charge is 0.354 e. The van der Waals surface area contributed by atoms with Crippen molar-refractivity contribution in [1.29, 1.82) is 0 Å². The highest BCUT2D eigenvalue weighted by Crippen LogP contribution is 2.05. The van der Waals surface area contributed by atoms with Crippen molar-refractivity contribution in [2.75, 3.05) is 55.7 Å². The van der Waals surface area contributed by atoms with Gasteiger partial charge >= 0.3 is 0 Å². The van der Waals surface area contributed by atoms with E-state index >= 15 is 0 Å². The zero-order valence-corrected chi connectivity index (χ0v) is 16.7. The Morgan fingerprint density at radius 3 is 2.13 bits per heavy atom. The predicted molar refractivity (Wildman–Crippen MR) is 104 cm³/mol. The summed E-state index contributed by atoms with van der Waals surface area (Å²) in [5.74, 6) is 1.81. The number of carbonyl (C=O) groups is 3. The van der Waals surface area contributed by atoms with Gasteiger partial charge in [-0.15, -0.1) is 0 Å². The van der Waals surface area contributed by atoms with E-state index in [9.17, 15) is 14.4 Å². The molecule has 5 nitrogen and oxygen atoms in total. The molecule has 0 atom stereocenters. The van der Waals surface area contributed by atoms with Crippen LogP contribution in [0.15, 0.2) is 0 Å². The van der Waals surface area contributed by atoms with Crippen LogP contribution in [0.1, 0.15) is 19.3 Å². The SMILES string of the molecule is CSCC(=O)CCCCN(CCNC(=O)CSC)C(=O)CSC. The molecule has 0 heterocycles. The standard InChI is InChI=1S/C15H28N2O3S3/c1-21-10-13(18)6-4-5-8-17(15(20)12-23-3)9-7-16-14(19)11-22-2/h4-12H2,1-3H3,(H,16,19). The zero-order chi connectivity index (χ0) is 17.5. The molecule has 0 aromatic heterocycles. The van der Waals surface area contributed by atoms with Gasteiger partial charge in [-0.2, -0.15) is 35.3 Å². The van der Waals surface area contributed by atoms with Crippen LogP contribution < -0.4 is 5.32 Å². The van der Waals surface area contributed by atoms with E-state index in [0.29, 0.717) is 43.3 Å². The molecule has 1 N–H and O–H groups in total. The van der Waals surface area contributed by atoms with Crippen molar-refractivity contribution in [3.05, 3.63) is 0 Å². The van der Waals surface area contributed by atoms with Gasteiger partial charge in [-0.1, -0.05) is 0 Å². The molecule has 0 aliphatic rings. The number of ketones is 1. The smallest absolute Gasteiger partial charge is 0.232 e. The van der Waals surface area contributed by atoms with Crippen LogP contribution in [0, 0.1) is 0 Å². The molecule has 2 amide bonds. The minimum Gasteiger partial charge on any atom is -0.354 e. The number of rotatable bonds is 14. The maximum absolute atomic E-state index is 12.1. The third-order valence-electron chi connectivity index (χ3n) is 3.04. The highest BCUT2D eigenvalue weighted by molar-refractivity contribution is 7.99. The fourth-order valence-electron chi connectivity index (χ4n) is 1.95. The van der Waals surface area contributed by atoms with E-state index in [0.717, 1.165) is 12.8 Å². The third kappa shape index (κ3) is 12.7. The molecule has 0 aromatic carbocycles. The molecule has 23 heavy (non-hydrogen) atoms. The van der Waals surface area contributed by atoms with E-state index < -0.39 is 0 Å². The molecule has 0 saturated carbocycles. The topological polar surface area (TPSA) is 66.5 Å². The first-order chi connectivity index (χ1) is 11.0. The number of Topliss-reactive ketones (excluding diaryl/α,β-unsaturated/α-hetero) is 1. The van der Waals surface area contributed by atoms with Gasteiger partial charge in [-0.3, -0.25) is 14.4 Å². The van der Waals surface area contributed by atoms with Gasteiger partial charge in [0.2, 0.25) is 11.8 Å². The number of hydrogen-bond donors (Lipinski definition) is 1. The number of amides is 2. The molecular formula is C15H28N2O3S3. The molecule has 0 radical (unpaired) electrons. The molecule has 0 saturated heterocycles. The Morgan fingerprint density at radius 2 is 1.52 bits per heavy atom. The molecule has 134 valence electrons. The zero-order valence-electron chi connectivity index (χ0n) is 14.3. The molecule has 0 aliphatic carbocycles. The van der Waals surface area contributed by atoms with Crippen LogP contribution in [0.5, 0.6) is 0 Å². The molecular weight excluding hydrogens is 352 g/mol. The Labute approximate surface area is 152 Å². The quantitative estimate of drug-likeness (QED) is 0.463. The monoisotopic (exact) mass is 380 g/mol. The van der Waals surface area contributed by atoms with Gasteiger partial charge in [0.15, 0.2) is 0 Å². The lowest BCUT2D eigenvalue weighted by Crippen LogP contribution is -2.40. The first kappa shape index (κ1) is 22.7. The minimum atomic E-state index is -0.00238. The van der Waals surface area contributed by atoms with E-state index in [1.54, 1.807) is 16.7 Å². The van der Waals surface area contributed by atoms with E-state index in [2.05, 4.69) is 5.32 Å². The van der Waals surface area contributed by atoms with E-state index in [1.165, 1.54) is 23.5 Å². The summed E-state index contributed by atoms with van der Waals surface area (Å²) in [4.78, 5) is 36.8. The Balaban J connectivity index is 4.12. The summed E-state index contributed by atoms with van der Waals surface area (Å²) in [6, 6.07) is 0. The van der Waals surface area contributed by atoms with E-state index in [-0.39, 0.29) is 17.6 Å². The predicted octanol–water partition coefficient (Wildman–Crippen LogP) is 1.76. The fourth-order valence-corrected chi connectivity index (χ4v) is 3.21. The van der Waals surface area contributed by atoms with Gasteiger partial charge in [0.05, 0.1) is 17.3 Å².